The zero-order valence-corrected chi connectivity index (χ0v) is 6.01. The van der Waals surface area contributed by atoms with Crippen molar-refractivity contribution in [2.75, 3.05) is 5.73 Å². The maximum absolute atomic E-state index is 5.51. The van der Waals surface area contributed by atoms with Crippen LogP contribution in [0, 0.1) is 0 Å². The topological polar surface area (TPSA) is 90.7 Å². The molecule has 0 saturated carbocycles. The van der Waals surface area contributed by atoms with Crippen LogP contribution >= 0.6 is 0 Å². The van der Waals surface area contributed by atoms with Crippen molar-refractivity contribution in [1.29, 1.82) is 0 Å². The van der Waals surface area contributed by atoms with Gasteiger partial charge in [0.15, 0.2) is 0 Å². The van der Waals surface area contributed by atoms with Gasteiger partial charge in [-0.15, -0.1) is 5.10 Å². The van der Waals surface area contributed by atoms with Crippen molar-refractivity contribution in [3.8, 4) is 11.6 Å². The normalized spacial score (nSPS) is 10.0. The van der Waals surface area contributed by atoms with Gasteiger partial charge in [0.2, 0.25) is 11.6 Å². The third-order valence-electron chi connectivity index (χ3n) is 1.28. The molecule has 0 saturated heterocycles. The number of nitrogen functional groups attached to an aromatic ring is 1. The Kier molecular flexibility index (Phi) is 1.44. The predicted molar refractivity (Wildman–Crippen MR) is 39.7 cm³/mol. The van der Waals surface area contributed by atoms with Crippen molar-refractivity contribution in [3.05, 3.63) is 18.6 Å². The van der Waals surface area contributed by atoms with Gasteiger partial charge in [-0.25, -0.2) is 4.98 Å². The molecule has 6 nitrogen and oxygen atoms in total. The van der Waals surface area contributed by atoms with Crippen LogP contribution in [-0.2, 0) is 0 Å². The highest BCUT2D eigenvalue weighted by atomic mass is 16.5. The van der Waals surface area contributed by atoms with E-state index < -0.39 is 0 Å². The molecule has 0 aromatic carbocycles. The van der Waals surface area contributed by atoms with E-state index in [9.17, 15) is 0 Å². The summed E-state index contributed by atoms with van der Waals surface area (Å²) in [5.74, 6) is 0.690. The highest BCUT2D eigenvalue weighted by Gasteiger charge is 2.09. The molecule has 60 valence electrons. The fraction of sp³-hybridized carbons (Fsp3) is 0. The third-order valence-corrected chi connectivity index (χ3v) is 1.28. The second kappa shape index (κ2) is 2.57. The van der Waals surface area contributed by atoms with E-state index in [0.29, 0.717) is 17.3 Å². The van der Waals surface area contributed by atoms with E-state index in [2.05, 4.69) is 20.3 Å². The Morgan fingerprint density at radius 1 is 1.33 bits per heavy atom. The van der Waals surface area contributed by atoms with Gasteiger partial charge in [0.05, 0.1) is 12.4 Å². The molecule has 0 fully saturated rings. The summed E-state index contributed by atoms with van der Waals surface area (Å²) in [5, 5.41) is 10.8. The number of hydrogen-bond donors (Lipinski definition) is 1. The second-order valence-electron chi connectivity index (χ2n) is 2.08. The smallest absolute Gasteiger partial charge is 0.228 e. The molecule has 0 aliphatic heterocycles. The van der Waals surface area contributed by atoms with Crippen LogP contribution in [-0.4, -0.2) is 20.3 Å². The summed E-state index contributed by atoms with van der Waals surface area (Å²) in [7, 11) is 0. The minimum absolute atomic E-state index is 0.340. The van der Waals surface area contributed by atoms with Gasteiger partial charge in [0.1, 0.15) is 5.69 Å². The van der Waals surface area contributed by atoms with Crippen molar-refractivity contribution in [2.24, 2.45) is 0 Å². The van der Waals surface area contributed by atoms with Crippen molar-refractivity contribution in [2.45, 2.75) is 0 Å². The average Bonchev–Trinajstić information content (AvgIpc) is 2.53. The van der Waals surface area contributed by atoms with Gasteiger partial charge in [0.25, 0.3) is 0 Å². The van der Waals surface area contributed by atoms with Crippen LogP contribution < -0.4 is 5.73 Å². The number of nitrogens with zero attached hydrogens (tertiary/aromatic N) is 4. The van der Waals surface area contributed by atoms with E-state index in [-0.39, 0.29) is 0 Å². The Labute approximate surface area is 67.4 Å². The Morgan fingerprint density at radius 3 is 2.83 bits per heavy atom. The third kappa shape index (κ3) is 0.986. The molecule has 6 heteroatoms. The fourth-order valence-electron chi connectivity index (χ4n) is 0.769. The molecule has 2 heterocycles. The van der Waals surface area contributed by atoms with E-state index in [1.807, 2.05) is 0 Å². The Hall–Kier alpha value is -1.98. The van der Waals surface area contributed by atoms with Gasteiger partial charge in [-0.05, 0) is 0 Å². The summed E-state index contributed by atoms with van der Waals surface area (Å²) in [5.41, 5.74) is 5.91. The van der Waals surface area contributed by atoms with Gasteiger partial charge in [0, 0.05) is 6.20 Å². The second-order valence-corrected chi connectivity index (χ2v) is 2.08. The zero-order chi connectivity index (χ0) is 8.39. The van der Waals surface area contributed by atoms with Crippen molar-refractivity contribution >= 4 is 5.69 Å². The van der Waals surface area contributed by atoms with Crippen molar-refractivity contribution in [3.63, 3.8) is 0 Å². The number of nitrogens with two attached hydrogens (primary N) is 1. The quantitative estimate of drug-likeness (QED) is 0.641. The number of hydrogen-bond acceptors (Lipinski definition) is 6. The molecule has 0 radical (unpaired) electrons. The number of rotatable bonds is 1. The zero-order valence-electron chi connectivity index (χ0n) is 6.01. The molecule has 2 rings (SSSR count). The summed E-state index contributed by atoms with van der Waals surface area (Å²) in [6, 6.07) is 0. The maximum atomic E-state index is 5.51. The van der Waals surface area contributed by atoms with Gasteiger partial charge in [-0.3, -0.25) is 0 Å². The van der Waals surface area contributed by atoms with E-state index in [1.54, 1.807) is 0 Å². The largest absolute Gasteiger partial charge is 0.394 e. The molecular weight excluding hydrogens is 158 g/mol. The molecule has 0 aliphatic carbocycles. The average molecular weight is 163 g/mol. The predicted octanol–water partition coefficient (Wildman–Crippen LogP) is 0.109. The monoisotopic (exact) mass is 163 g/mol. The lowest BCUT2D eigenvalue weighted by molar-refractivity contribution is 0.429. The molecule has 0 spiro atoms. The molecular formula is C6H5N5O. The van der Waals surface area contributed by atoms with Crippen LogP contribution in [0.5, 0.6) is 0 Å². The first-order chi connectivity index (χ1) is 5.88. The SMILES string of the molecule is Nc1cnoc1-c1nccnn1. The first-order valence-electron chi connectivity index (χ1n) is 3.22. The standard InChI is InChI=1S/C6H5N5O/c7-4-3-10-12-5(4)6-8-1-2-9-11-6/h1-3H,7H2. The van der Waals surface area contributed by atoms with Gasteiger partial charge < -0.3 is 10.3 Å². The minimum atomic E-state index is 0.340. The lowest BCUT2D eigenvalue weighted by Crippen LogP contribution is -1.92. The molecule has 0 aliphatic rings. The number of aromatic nitrogens is 4. The van der Waals surface area contributed by atoms with Crippen LogP contribution in [0.15, 0.2) is 23.1 Å². The fourth-order valence-corrected chi connectivity index (χ4v) is 0.769. The lowest BCUT2D eigenvalue weighted by Gasteiger charge is -1.91. The Morgan fingerprint density at radius 2 is 2.25 bits per heavy atom. The highest BCUT2D eigenvalue weighted by molar-refractivity contribution is 5.63. The molecule has 0 amide bonds. The molecule has 0 bridgehead atoms. The van der Waals surface area contributed by atoms with Crippen molar-refractivity contribution < 1.29 is 4.52 Å². The first-order valence-corrected chi connectivity index (χ1v) is 3.22. The van der Waals surface area contributed by atoms with Crippen LogP contribution in [0.3, 0.4) is 0 Å². The lowest BCUT2D eigenvalue weighted by atomic mass is 10.4. The summed E-state index contributed by atoms with van der Waals surface area (Å²) < 4.78 is 4.81. The van der Waals surface area contributed by atoms with E-state index in [4.69, 9.17) is 10.3 Å². The Bertz CT molecular complexity index is 370. The summed E-state index contributed by atoms with van der Waals surface area (Å²) in [6.07, 6.45) is 4.37. The molecule has 0 unspecified atom stereocenters. The molecule has 12 heavy (non-hydrogen) atoms. The van der Waals surface area contributed by atoms with E-state index >= 15 is 0 Å². The van der Waals surface area contributed by atoms with E-state index in [0.717, 1.165) is 0 Å². The molecule has 2 N–H and O–H groups in total. The summed E-state index contributed by atoms with van der Waals surface area (Å²) in [6.45, 7) is 0. The van der Waals surface area contributed by atoms with E-state index in [1.165, 1.54) is 18.6 Å². The molecule has 2 aromatic rings. The molecule has 2 aromatic heterocycles. The summed E-state index contributed by atoms with van der Waals surface area (Å²) in [4.78, 5) is 3.89. The van der Waals surface area contributed by atoms with Crippen LogP contribution in [0.4, 0.5) is 5.69 Å². The minimum Gasteiger partial charge on any atom is -0.394 e. The van der Waals surface area contributed by atoms with Gasteiger partial charge in [-0.1, -0.05) is 5.16 Å². The van der Waals surface area contributed by atoms with Gasteiger partial charge >= 0.3 is 0 Å². The number of anilines is 1. The van der Waals surface area contributed by atoms with Crippen LogP contribution in [0.1, 0.15) is 0 Å². The first kappa shape index (κ1) is 6.71. The van der Waals surface area contributed by atoms with Crippen LogP contribution in [0.25, 0.3) is 11.6 Å². The Balaban J connectivity index is 2.51. The highest BCUT2D eigenvalue weighted by Crippen LogP contribution is 2.19. The maximum Gasteiger partial charge on any atom is 0.228 e. The molecule has 0 atom stereocenters. The van der Waals surface area contributed by atoms with Crippen LogP contribution in [0.2, 0.25) is 0 Å². The van der Waals surface area contributed by atoms with Gasteiger partial charge in [-0.2, -0.15) is 5.10 Å². The van der Waals surface area contributed by atoms with Crippen molar-refractivity contribution in [1.82, 2.24) is 20.3 Å². The summed E-state index contributed by atoms with van der Waals surface area (Å²) >= 11 is 0.